The highest BCUT2D eigenvalue weighted by Gasteiger charge is 2.62. The van der Waals surface area contributed by atoms with Gasteiger partial charge in [0, 0.05) is 5.57 Å². The zero-order valence-corrected chi connectivity index (χ0v) is 18.6. The predicted molar refractivity (Wildman–Crippen MR) is 127 cm³/mol. The minimum atomic E-state index is -0.0167. The quantitative estimate of drug-likeness (QED) is 0.576. The number of hydrogen-bond acceptors (Lipinski definition) is 4. The van der Waals surface area contributed by atoms with Crippen LogP contribution in [0, 0.1) is 35.5 Å². The number of hydrogen-bond donors (Lipinski definition) is 0. The van der Waals surface area contributed by atoms with Gasteiger partial charge in [-0.1, -0.05) is 76.5 Å². The van der Waals surface area contributed by atoms with Gasteiger partial charge >= 0.3 is 0 Å². The Bertz CT molecular complexity index is 1100. The Hall–Kier alpha value is -2.88. The lowest BCUT2D eigenvalue weighted by Gasteiger charge is -2.52. The Morgan fingerprint density at radius 3 is 1.45 bits per heavy atom. The van der Waals surface area contributed by atoms with Gasteiger partial charge < -0.3 is 9.68 Å². The number of allylic oxidation sites excluding steroid dienone is 1. The smallest absolute Gasteiger partial charge is 0.161 e. The van der Waals surface area contributed by atoms with E-state index in [0.29, 0.717) is 11.8 Å². The molecule has 0 unspecified atom stereocenters. The van der Waals surface area contributed by atoms with Crippen LogP contribution in [0.1, 0.15) is 43.2 Å². The van der Waals surface area contributed by atoms with E-state index in [9.17, 15) is 0 Å². The second kappa shape index (κ2) is 6.82. The van der Waals surface area contributed by atoms with Gasteiger partial charge in [-0.25, -0.2) is 0 Å². The van der Waals surface area contributed by atoms with Crippen LogP contribution in [-0.4, -0.2) is 23.6 Å². The molecule has 0 saturated heterocycles. The fourth-order valence-electron chi connectivity index (χ4n) is 8.35. The normalized spacial score (nSPS) is 39.6. The Morgan fingerprint density at radius 2 is 1.00 bits per heavy atom. The van der Waals surface area contributed by atoms with Crippen LogP contribution in [0.3, 0.4) is 0 Å². The SMILES string of the molecule is c1ccc(C2=NO[C@@H]3C(=C4C5CC6CC(C5)CC4C6)[C@H]4ON=C(c5ccccc5)[C@H]4[C@H]23)cc1. The van der Waals surface area contributed by atoms with Gasteiger partial charge in [0.2, 0.25) is 0 Å². The van der Waals surface area contributed by atoms with E-state index in [-0.39, 0.29) is 24.0 Å². The molecule has 0 aromatic heterocycles. The van der Waals surface area contributed by atoms with E-state index in [1.54, 1.807) is 5.57 Å². The fraction of sp³-hybridized carbons (Fsp3) is 0.448. The van der Waals surface area contributed by atoms with Gasteiger partial charge in [0.05, 0.1) is 23.3 Å². The Labute approximate surface area is 194 Å². The molecule has 0 radical (unpaired) electrons. The van der Waals surface area contributed by atoms with Crippen molar-refractivity contribution in [3.63, 3.8) is 0 Å². The molecular formula is C29H28N2O2. The van der Waals surface area contributed by atoms with Crippen molar-refractivity contribution in [1.29, 1.82) is 0 Å². The van der Waals surface area contributed by atoms with Crippen molar-refractivity contribution < 1.29 is 9.68 Å². The third-order valence-corrected chi connectivity index (χ3v) is 9.30. The average molecular weight is 437 g/mol. The standard InChI is InChI=1S/C29H28N2O2/c1-3-7-18(8-4-1)26-23-24-27(19-9-5-2-6-10-19)31-33-29(24)25(28(23)32-30-26)22-20-12-16-11-17(14-20)15-21(22)13-16/h1-10,16-17,20-21,23-24,28-29H,11-15H2/t16?,17?,20?,21?,23-,24-,28+,29+/m1/s1. The second-order valence-corrected chi connectivity index (χ2v) is 11.0. The molecule has 33 heavy (non-hydrogen) atoms. The number of rotatable bonds is 2. The first-order valence-electron chi connectivity index (χ1n) is 12.7. The molecule has 4 bridgehead atoms. The lowest BCUT2D eigenvalue weighted by Crippen LogP contribution is -2.42. The molecule has 7 aliphatic rings. The molecule has 5 fully saturated rings. The highest BCUT2D eigenvalue weighted by atomic mass is 16.7. The fourth-order valence-corrected chi connectivity index (χ4v) is 8.35. The molecule has 2 aromatic rings. The van der Waals surface area contributed by atoms with Gasteiger partial charge in [0.25, 0.3) is 0 Å². The summed E-state index contributed by atoms with van der Waals surface area (Å²) in [6.07, 6.45) is 6.87. The minimum absolute atomic E-state index is 0.0167. The third-order valence-electron chi connectivity index (χ3n) is 9.30. The summed E-state index contributed by atoms with van der Waals surface area (Å²) in [6.45, 7) is 0. The maximum Gasteiger partial charge on any atom is 0.161 e. The number of oxime groups is 2. The van der Waals surface area contributed by atoms with E-state index in [1.807, 2.05) is 0 Å². The van der Waals surface area contributed by atoms with Crippen molar-refractivity contribution >= 4 is 11.4 Å². The van der Waals surface area contributed by atoms with Gasteiger partial charge in [-0.15, -0.1) is 0 Å². The molecule has 5 aliphatic carbocycles. The molecule has 0 N–H and O–H groups in total. The molecular weight excluding hydrogens is 408 g/mol. The first-order valence-corrected chi connectivity index (χ1v) is 12.7. The number of benzene rings is 2. The molecule has 2 heterocycles. The monoisotopic (exact) mass is 436 g/mol. The van der Waals surface area contributed by atoms with Crippen LogP contribution in [0.2, 0.25) is 0 Å². The van der Waals surface area contributed by atoms with Crippen molar-refractivity contribution in [3.05, 3.63) is 82.9 Å². The second-order valence-electron chi connectivity index (χ2n) is 11.0. The molecule has 2 aromatic carbocycles. The van der Waals surface area contributed by atoms with Crippen molar-refractivity contribution in [1.82, 2.24) is 0 Å². The number of fused-ring (bicyclic) bond motifs is 3. The molecule has 166 valence electrons. The van der Waals surface area contributed by atoms with E-state index in [1.165, 1.54) is 37.7 Å². The Balaban J connectivity index is 1.27. The van der Waals surface area contributed by atoms with Crippen LogP contribution in [0.5, 0.6) is 0 Å². The maximum atomic E-state index is 6.33. The summed E-state index contributed by atoms with van der Waals surface area (Å²) in [5, 5.41) is 9.43. The Kier molecular flexibility index (Phi) is 3.83. The molecule has 4 nitrogen and oxygen atoms in total. The minimum Gasteiger partial charge on any atom is -0.387 e. The predicted octanol–water partition coefficient (Wildman–Crippen LogP) is 5.59. The topological polar surface area (TPSA) is 43.2 Å². The number of nitrogens with zero attached hydrogens (tertiary/aromatic N) is 2. The average Bonchev–Trinajstić information content (AvgIpc) is 3.52. The maximum absolute atomic E-state index is 6.33. The molecule has 4 heteroatoms. The molecule has 2 aliphatic heterocycles. The third kappa shape index (κ3) is 2.58. The van der Waals surface area contributed by atoms with Gasteiger partial charge in [0.15, 0.2) is 12.2 Å². The van der Waals surface area contributed by atoms with E-state index in [2.05, 4.69) is 60.7 Å². The van der Waals surface area contributed by atoms with Crippen molar-refractivity contribution in [2.45, 2.75) is 44.3 Å². The van der Waals surface area contributed by atoms with E-state index < -0.39 is 0 Å². The van der Waals surface area contributed by atoms with Gasteiger partial charge in [-0.2, -0.15) is 0 Å². The van der Waals surface area contributed by atoms with Gasteiger partial charge in [-0.3, -0.25) is 0 Å². The van der Waals surface area contributed by atoms with Crippen LogP contribution in [-0.2, 0) is 9.68 Å². The van der Waals surface area contributed by atoms with E-state index >= 15 is 0 Å². The van der Waals surface area contributed by atoms with Crippen molar-refractivity contribution in [3.8, 4) is 0 Å². The van der Waals surface area contributed by atoms with Crippen LogP contribution >= 0.6 is 0 Å². The molecule has 9 rings (SSSR count). The van der Waals surface area contributed by atoms with Crippen LogP contribution in [0.25, 0.3) is 0 Å². The van der Waals surface area contributed by atoms with Gasteiger partial charge in [0.1, 0.15) is 0 Å². The summed E-state index contributed by atoms with van der Waals surface area (Å²) >= 11 is 0. The molecule has 0 spiro atoms. The summed E-state index contributed by atoms with van der Waals surface area (Å²) < 4.78 is 0. The molecule has 5 saturated carbocycles. The van der Waals surface area contributed by atoms with Crippen LogP contribution in [0.4, 0.5) is 0 Å². The zero-order chi connectivity index (χ0) is 21.5. The van der Waals surface area contributed by atoms with Crippen LogP contribution in [0.15, 0.2) is 82.1 Å². The Morgan fingerprint density at radius 1 is 0.545 bits per heavy atom. The summed E-state index contributed by atoms with van der Waals surface area (Å²) in [4.78, 5) is 12.7. The van der Waals surface area contributed by atoms with Crippen molar-refractivity contribution in [2.24, 2.45) is 45.8 Å². The highest BCUT2D eigenvalue weighted by Crippen LogP contribution is 2.60. The van der Waals surface area contributed by atoms with Crippen molar-refractivity contribution in [2.75, 3.05) is 0 Å². The lowest BCUT2D eigenvalue weighted by molar-refractivity contribution is 0.0481. The van der Waals surface area contributed by atoms with Gasteiger partial charge in [-0.05, 0) is 66.9 Å². The largest absolute Gasteiger partial charge is 0.387 e. The summed E-state index contributed by atoms with van der Waals surface area (Å²) in [7, 11) is 0. The molecule has 0 amide bonds. The highest BCUT2D eigenvalue weighted by molar-refractivity contribution is 6.11. The summed E-state index contributed by atoms with van der Waals surface area (Å²) in [5.41, 5.74) is 7.51. The van der Waals surface area contributed by atoms with E-state index in [4.69, 9.17) is 20.0 Å². The first kappa shape index (κ1) is 18.5. The van der Waals surface area contributed by atoms with E-state index in [0.717, 1.165) is 34.4 Å². The van der Waals surface area contributed by atoms with Crippen LogP contribution < -0.4 is 0 Å². The molecule has 4 atom stereocenters. The summed E-state index contributed by atoms with van der Waals surface area (Å²) in [6, 6.07) is 21.1. The zero-order valence-electron chi connectivity index (χ0n) is 18.6. The lowest BCUT2D eigenvalue weighted by atomic mass is 9.53. The summed E-state index contributed by atoms with van der Waals surface area (Å²) in [5.74, 6) is 3.60. The first-order chi connectivity index (χ1) is 16.3.